The number of anilines is 1. The van der Waals surface area contributed by atoms with Crippen LogP contribution in [0.1, 0.15) is 47.8 Å². The molecule has 3 aromatic rings. The summed E-state index contributed by atoms with van der Waals surface area (Å²) in [5.74, 6) is -1.84. The molecule has 9 nitrogen and oxygen atoms in total. The van der Waals surface area contributed by atoms with E-state index in [4.69, 9.17) is 14.4 Å². The number of hydrogen-bond donors (Lipinski definition) is 3. The van der Waals surface area contributed by atoms with Crippen molar-refractivity contribution in [3.8, 4) is 11.1 Å². The zero-order chi connectivity index (χ0) is 24.2. The first kappa shape index (κ1) is 23.0. The van der Waals surface area contributed by atoms with Crippen molar-refractivity contribution in [1.29, 1.82) is 0 Å². The van der Waals surface area contributed by atoms with E-state index < -0.39 is 24.0 Å². The van der Waals surface area contributed by atoms with Crippen LogP contribution in [-0.4, -0.2) is 40.9 Å². The van der Waals surface area contributed by atoms with Crippen LogP contribution in [0.3, 0.4) is 0 Å². The number of benzene rings is 2. The molecule has 1 aromatic heterocycles. The monoisotopic (exact) mass is 463 g/mol. The summed E-state index contributed by atoms with van der Waals surface area (Å²) >= 11 is 0. The number of carboxylic acids is 1. The van der Waals surface area contributed by atoms with Gasteiger partial charge in [-0.25, -0.2) is 4.79 Å². The maximum Gasteiger partial charge on any atom is 0.414 e. The molecule has 0 bridgehead atoms. The Balaban J connectivity index is 1.36. The average molecular weight is 463 g/mol. The minimum absolute atomic E-state index is 0.0540. The van der Waals surface area contributed by atoms with Gasteiger partial charge in [0, 0.05) is 18.0 Å². The van der Waals surface area contributed by atoms with Gasteiger partial charge >= 0.3 is 12.1 Å². The molecule has 2 amide bonds. The second-order valence-electron chi connectivity index (χ2n) is 8.45. The third-order valence-corrected chi connectivity index (χ3v) is 5.83. The smallest absolute Gasteiger partial charge is 0.414 e. The predicted molar refractivity (Wildman–Crippen MR) is 124 cm³/mol. The number of amides is 2. The van der Waals surface area contributed by atoms with E-state index in [0.717, 1.165) is 22.3 Å². The highest BCUT2D eigenvalue weighted by atomic mass is 16.6. The zero-order valence-electron chi connectivity index (χ0n) is 18.8. The van der Waals surface area contributed by atoms with Gasteiger partial charge in [-0.05, 0) is 28.2 Å². The molecule has 1 aliphatic carbocycles. The van der Waals surface area contributed by atoms with Crippen molar-refractivity contribution in [3.63, 3.8) is 0 Å². The molecule has 0 radical (unpaired) electrons. The topological polar surface area (TPSA) is 131 Å². The first-order chi connectivity index (χ1) is 16.3. The molecule has 0 saturated carbocycles. The number of carbonyl (C=O) groups excluding carboxylic acids is 2. The van der Waals surface area contributed by atoms with Crippen LogP contribution >= 0.6 is 0 Å². The van der Waals surface area contributed by atoms with Gasteiger partial charge in [0.05, 0.1) is 6.42 Å². The summed E-state index contributed by atoms with van der Waals surface area (Å²) in [5.41, 5.74) is 4.36. The van der Waals surface area contributed by atoms with Crippen LogP contribution in [0.25, 0.3) is 11.1 Å². The van der Waals surface area contributed by atoms with E-state index in [1.54, 1.807) is 13.8 Å². The number of aliphatic carboxylic acids is 1. The number of carboxylic acid groups (broad SMARTS) is 1. The number of fused-ring (bicyclic) bond motifs is 3. The highest BCUT2D eigenvalue weighted by molar-refractivity contribution is 5.94. The third kappa shape index (κ3) is 4.93. The zero-order valence-corrected chi connectivity index (χ0v) is 18.8. The highest BCUT2D eigenvalue weighted by Crippen LogP contribution is 2.44. The fourth-order valence-electron chi connectivity index (χ4n) is 4.06. The van der Waals surface area contributed by atoms with E-state index >= 15 is 0 Å². The fraction of sp³-hybridized carbons (Fsp3) is 0.280. The number of nitrogens with zero attached hydrogens (tertiary/aromatic N) is 1. The second kappa shape index (κ2) is 9.78. The van der Waals surface area contributed by atoms with E-state index in [0.29, 0.717) is 0 Å². The van der Waals surface area contributed by atoms with Crippen molar-refractivity contribution in [2.45, 2.75) is 32.2 Å². The van der Waals surface area contributed by atoms with Gasteiger partial charge in [0.1, 0.15) is 6.61 Å². The van der Waals surface area contributed by atoms with Crippen LogP contribution in [0.15, 0.2) is 59.1 Å². The molecule has 176 valence electrons. The first-order valence-electron chi connectivity index (χ1n) is 10.9. The lowest BCUT2D eigenvalue weighted by Crippen LogP contribution is -2.40. The van der Waals surface area contributed by atoms with Crippen LogP contribution in [0, 0.1) is 5.92 Å². The number of hydrogen-bond acceptors (Lipinski definition) is 6. The van der Waals surface area contributed by atoms with E-state index in [2.05, 4.69) is 27.9 Å². The molecule has 0 fully saturated rings. The van der Waals surface area contributed by atoms with Crippen molar-refractivity contribution < 1.29 is 28.8 Å². The van der Waals surface area contributed by atoms with Gasteiger partial charge in [0.2, 0.25) is 5.88 Å². The van der Waals surface area contributed by atoms with Crippen molar-refractivity contribution >= 4 is 23.9 Å². The molecule has 4 rings (SSSR count). The lowest BCUT2D eigenvalue weighted by molar-refractivity contribution is -0.137. The molecule has 34 heavy (non-hydrogen) atoms. The van der Waals surface area contributed by atoms with Crippen LogP contribution < -0.4 is 10.6 Å². The molecule has 9 heteroatoms. The first-order valence-corrected chi connectivity index (χ1v) is 10.9. The predicted octanol–water partition coefficient (Wildman–Crippen LogP) is 4.26. The van der Waals surface area contributed by atoms with Gasteiger partial charge in [-0.3, -0.25) is 14.9 Å². The third-order valence-electron chi connectivity index (χ3n) is 5.83. The van der Waals surface area contributed by atoms with Crippen LogP contribution in [0.4, 0.5) is 10.7 Å². The van der Waals surface area contributed by atoms with E-state index in [9.17, 15) is 14.4 Å². The van der Waals surface area contributed by atoms with Crippen molar-refractivity contribution in [2.24, 2.45) is 5.92 Å². The van der Waals surface area contributed by atoms with E-state index in [1.165, 1.54) is 6.07 Å². The quantitative estimate of drug-likeness (QED) is 0.455. The minimum Gasteiger partial charge on any atom is -0.481 e. The minimum atomic E-state index is -1.02. The molecule has 1 unspecified atom stereocenters. The number of aromatic nitrogens is 1. The molecular formula is C25H25N3O6. The van der Waals surface area contributed by atoms with Crippen LogP contribution in [-0.2, 0) is 9.53 Å². The van der Waals surface area contributed by atoms with Gasteiger partial charge in [0.15, 0.2) is 5.69 Å². The SMILES string of the molecule is CC(C)C(CC(=O)O)NC(=O)c1cc(NC(=O)OCC2c3ccccc3-c3ccccc32)on1. The Morgan fingerprint density at radius 2 is 1.68 bits per heavy atom. The van der Waals surface area contributed by atoms with Gasteiger partial charge in [-0.1, -0.05) is 67.5 Å². The summed E-state index contributed by atoms with van der Waals surface area (Å²) in [4.78, 5) is 35.8. The van der Waals surface area contributed by atoms with Crippen LogP contribution in [0.5, 0.6) is 0 Å². The van der Waals surface area contributed by atoms with Crippen molar-refractivity contribution in [1.82, 2.24) is 10.5 Å². The molecule has 0 spiro atoms. The highest BCUT2D eigenvalue weighted by Gasteiger charge is 2.29. The van der Waals surface area contributed by atoms with Gasteiger partial charge < -0.3 is 19.7 Å². The number of nitrogens with one attached hydrogen (secondary N) is 2. The fourth-order valence-corrected chi connectivity index (χ4v) is 4.06. The molecule has 1 atom stereocenters. The van der Waals surface area contributed by atoms with Gasteiger partial charge in [0.25, 0.3) is 5.91 Å². The summed E-state index contributed by atoms with van der Waals surface area (Å²) in [6.07, 6.45) is -0.956. The molecule has 3 N–H and O–H groups in total. The maximum absolute atomic E-state index is 12.4. The molecular weight excluding hydrogens is 438 g/mol. The van der Waals surface area contributed by atoms with Crippen molar-refractivity contribution in [3.05, 3.63) is 71.4 Å². The van der Waals surface area contributed by atoms with Gasteiger partial charge in [-0.2, -0.15) is 0 Å². The Morgan fingerprint density at radius 3 is 2.26 bits per heavy atom. The van der Waals surface area contributed by atoms with E-state index in [1.807, 2.05) is 36.4 Å². The summed E-state index contributed by atoms with van der Waals surface area (Å²) < 4.78 is 10.5. The number of carbonyl (C=O) groups is 3. The molecule has 1 aliphatic rings. The largest absolute Gasteiger partial charge is 0.481 e. The Labute approximate surface area is 196 Å². The molecule has 1 heterocycles. The lowest BCUT2D eigenvalue weighted by atomic mass is 9.98. The summed E-state index contributed by atoms with van der Waals surface area (Å²) in [5, 5.41) is 17.7. The summed E-state index contributed by atoms with van der Waals surface area (Å²) in [6.45, 7) is 3.74. The Morgan fingerprint density at radius 1 is 1.06 bits per heavy atom. The number of ether oxygens (including phenoxy) is 1. The Hall–Kier alpha value is -4.14. The Kier molecular flexibility index (Phi) is 6.62. The Bertz CT molecular complexity index is 1170. The summed E-state index contributed by atoms with van der Waals surface area (Å²) in [6, 6.07) is 16.7. The van der Waals surface area contributed by atoms with Crippen molar-refractivity contribution in [2.75, 3.05) is 11.9 Å². The van der Waals surface area contributed by atoms with Gasteiger partial charge in [-0.15, -0.1) is 0 Å². The average Bonchev–Trinajstić information content (AvgIpc) is 3.39. The lowest BCUT2D eigenvalue weighted by Gasteiger charge is -2.19. The maximum atomic E-state index is 12.4. The number of rotatable bonds is 8. The molecule has 2 aromatic carbocycles. The van der Waals surface area contributed by atoms with E-state index in [-0.39, 0.29) is 36.4 Å². The molecule has 0 aliphatic heterocycles. The summed E-state index contributed by atoms with van der Waals surface area (Å²) in [7, 11) is 0. The standard InChI is InChI=1S/C25H25N3O6/c1-14(2)20(12-23(29)30)26-24(31)21-11-22(34-28-21)27-25(32)33-13-19-17-9-5-3-7-15(17)16-8-4-6-10-18(16)19/h3-11,14,19-20H,12-13H2,1-2H3,(H,26,31)(H,27,32)(H,29,30). The molecule has 0 saturated heterocycles. The normalized spacial score (nSPS) is 13.1. The van der Waals surface area contributed by atoms with Crippen LogP contribution in [0.2, 0.25) is 0 Å². The second-order valence-corrected chi connectivity index (χ2v) is 8.45.